The average Bonchev–Trinajstić information content (AvgIpc) is 3.36. The van der Waals surface area contributed by atoms with E-state index in [0.717, 1.165) is 28.1 Å². The lowest BCUT2D eigenvalue weighted by Crippen LogP contribution is -2.13. The molecule has 180 valence electrons. The van der Waals surface area contributed by atoms with E-state index in [2.05, 4.69) is 16.4 Å². The summed E-state index contributed by atoms with van der Waals surface area (Å²) in [6.45, 7) is 4.86. The molecule has 0 spiro atoms. The summed E-state index contributed by atoms with van der Waals surface area (Å²) in [5.41, 5.74) is 4.67. The average molecular weight is 496 g/mol. The first-order valence-electron chi connectivity index (χ1n) is 11.4. The predicted octanol–water partition coefficient (Wildman–Crippen LogP) is 6.43. The normalized spacial score (nSPS) is 11.0. The minimum Gasteiger partial charge on any atom is -0.490 e. The standard InChI is InChI=1S/C29H25N3O3S/c1-20-8-9-21(2)27(16-20)35-15-14-34-25-12-10-22(11-13-25)17-24(18-30)28(33)32-29-31-26(19-36-29)23-6-4-3-5-7-23/h3-13,16-17,19H,14-15H2,1-2H3,(H,31,32,33). The number of thiazole rings is 1. The van der Waals surface area contributed by atoms with E-state index in [1.54, 1.807) is 24.3 Å². The summed E-state index contributed by atoms with van der Waals surface area (Å²) >= 11 is 1.31. The van der Waals surface area contributed by atoms with Crippen LogP contribution in [0, 0.1) is 25.2 Å². The SMILES string of the molecule is Cc1ccc(C)c(OCCOc2ccc(C=C(C#N)C(=O)Nc3nc(-c4ccccc4)cs3)cc2)c1. The first kappa shape index (κ1) is 24.7. The van der Waals surface area contributed by atoms with Gasteiger partial charge < -0.3 is 9.47 Å². The Bertz CT molecular complexity index is 1400. The molecule has 1 heterocycles. The molecule has 4 rings (SSSR count). The highest BCUT2D eigenvalue weighted by atomic mass is 32.1. The van der Waals surface area contributed by atoms with E-state index in [0.29, 0.717) is 29.7 Å². The summed E-state index contributed by atoms with van der Waals surface area (Å²) in [7, 11) is 0. The Labute approximate surface area is 214 Å². The minimum atomic E-state index is -0.504. The van der Waals surface area contributed by atoms with Gasteiger partial charge in [-0.25, -0.2) is 4.98 Å². The fourth-order valence-electron chi connectivity index (χ4n) is 3.39. The van der Waals surface area contributed by atoms with Crippen molar-refractivity contribution in [1.82, 2.24) is 4.98 Å². The van der Waals surface area contributed by atoms with Crippen molar-refractivity contribution < 1.29 is 14.3 Å². The molecule has 0 radical (unpaired) electrons. The molecule has 0 unspecified atom stereocenters. The molecule has 0 aliphatic rings. The van der Waals surface area contributed by atoms with Crippen molar-refractivity contribution in [3.63, 3.8) is 0 Å². The molecular formula is C29H25N3O3S. The van der Waals surface area contributed by atoms with Crippen molar-refractivity contribution in [2.45, 2.75) is 13.8 Å². The van der Waals surface area contributed by atoms with Crippen LogP contribution in [0.3, 0.4) is 0 Å². The van der Waals surface area contributed by atoms with Crippen molar-refractivity contribution in [3.8, 4) is 28.8 Å². The maximum atomic E-state index is 12.6. The number of aryl methyl sites for hydroxylation is 2. The van der Waals surface area contributed by atoms with E-state index in [-0.39, 0.29) is 5.57 Å². The van der Waals surface area contributed by atoms with Crippen molar-refractivity contribution in [2.75, 3.05) is 18.5 Å². The first-order valence-corrected chi connectivity index (χ1v) is 12.3. The van der Waals surface area contributed by atoms with E-state index in [1.165, 1.54) is 17.4 Å². The van der Waals surface area contributed by atoms with Crippen LogP contribution in [0.4, 0.5) is 5.13 Å². The molecule has 36 heavy (non-hydrogen) atoms. The number of nitrogens with one attached hydrogen (secondary N) is 1. The molecule has 1 amide bonds. The first-order chi connectivity index (χ1) is 17.5. The second kappa shape index (κ2) is 11.8. The second-order valence-electron chi connectivity index (χ2n) is 8.06. The van der Waals surface area contributed by atoms with Crippen LogP contribution in [0.1, 0.15) is 16.7 Å². The molecule has 6 nitrogen and oxygen atoms in total. The highest BCUT2D eigenvalue weighted by Crippen LogP contribution is 2.25. The molecule has 0 saturated carbocycles. The second-order valence-corrected chi connectivity index (χ2v) is 8.92. The zero-order valence-corrected chi connectivity index (χ0v) is 20.8. The predicted molar refractivity (Wildman–Crippen MR) is 143 cm³/mol. The van der Waals surface area contributed by atoms with Gasteiger partial charge in [-0.05, 0) is 54.8 Å². The van der Waals surface area contributed by atoms with Crippen LogP contribution < -0.4 is 14.8 Å². The van der Waals surface area contributed by atoms with Crippen molar-refractivity contribution in [2.24, 2.45) is 0 Å². The Morgan fingerprint density at radius 3 is 2.53 bits per heavy atom. The van der Waals surface area contributed by atoms with E-state index in [4.69, 9.17) is 9.47 Å². The summed E-state index contributed by atoms with van der Waals surface area (Å²) in [5, 5.41) is 14.5. The summed E-state index contributed by atoms with van der Waals surface area (Å²) in [6.07, 6.45) is 1.54. The number of hydrogen-bond acceptors (Lipinski definition) is 6. The van der Waals surface area contributed by atoms with Crippen LogP contribution >= 0.6 is 11.3 Å². The van der Waals surface area contributed by atoms with Crippen molar-refractivity contribution in [3.05, 3.63) is 100 Å². The van der Waals surface area contributed by atoms with Gasteiger partial charge in [-0.3, -0.25) is 10.1 Å². The van der Waals surface area contributed by atoms with Gasteiger partial charge in [0.2, 0.25) is 0 Å². The summed E-state index contributed by atoms with van der Waals surface area (Å²) in [4.78, 5) is 17.1. The van der Waals surface area contributed by atoms with E-state index >= 15 is 0 Å². The van der Waals surface area contributed by atoms with E-state index in [9.17, 15) is 10.1 Å². The van der Waals surface area contributed by atoms with Crippen molar-refractivity contribution >= 4 is 28.5 Å². The minimum absolute atomic E-state index is 0.0120. The maximum absolute atomic E-state index is 12.6. The Kier molecular flexibility index (Phi) is 8.12. The largest absolute Gasteiger partial charge is 0.490 e. The van der Waals surface area contributed by atoms with Crippen LogP contribution in [0.25, 0.3) is 17.3 Å². The van der Waals surface area contributed by atoms with Crippen LogP contribution in [0.15, 0.2) is 83.7 Å². The Morgan fingerprint density at radius 1 is 1.03 bits per heavy atom. The highest BCUT2D eigenvalue weighted by molar-refractivity contribution is 7.14. The van der Waals surface area contributed by atoms with Gasteiger partial charge in [0.1, 0.15) is 36.4 Å². The Balaban J connectivity index is 1.31. The number of ether oxygens (including phenoxy) is 2. The van der Waals surface area contributed by atoms with Gasteiger partial charge >= 0.3 is 0 Å². The molecule has 0 saturated heterocycles. The third kappa shape index (κ3) is 6.59. The van der Waals surface area contributed by atoms with Crippen LogP contribution in [0.2, 0.25) is 0 Å². The lowest BCUT2D eigenvalue weighted by atomic mass is 10.1. The van der Waals surface area contributed by atoms with Gasteiger partial charge in [0.15, 0.2) is 5.13 Å². The molecule has 0 aliphatic heterocycles. The number of rotatable bonds is 9. The number of carbonyl (C=O) groups is 1. The fourth-order valence-corrected chi connectivity index (χ4v) is 4.10. The molecule has 1 aromatic heterocycles. The van der Waals surface area contributed by atoms with Gasteiger partial charge in [0.05, 0.1) is 5.69 Å². The molecule has 3 aromatic carbocycles. The smallest absolute Gasteiger partial charge is 0.268 e. The van der Waals surface area contributed by atoms with E-state index in [1.807, 2.05) is 67.8 Å². The van der Waals surface area contributed by atoms with Crippen LogP contribution in [0.5, 0.6) is 11.5 Å². The monoisotopic (exact) mass is 495 g/mol. The number of anilines is 1. The van der Waals surface area contributed by atoms with Gasteiger partial charge in [-0.1, -0.05) is 54.6 Å². The molecule has 4 aromatic rings. The number of nitrogens with zero attached hydrogens (tertiary/aromatic N) is 2. The number of amides is 1. The van der Waals surface area contributed by atoms with Gasteiger partial charge in [0, 0.05) is 10.9 Å². The highest BCUT2D eigenvalue weighted by Gasteiger charge is 2.12. The number of nitriles is 1. The molecular weight excluding hydrogens is 470 g/mol. The van der Waals surface area contributed by atoms with Crippen molar-refractivity contribution in [1.29, 1.82) is 5.26 Å². The molecule has 0 bridgehead atoms. The number of aromatic nitrogens is 1. The molecule has 0 atom stereocenters. The molecule has 1 N–H and O–H groups in total. The topological polar surface area (TPSA) is 84.2 Å². The summed E-state index contributed by atoms with van der Waals surface area (Å²) in [6, 6.07) is 24.9. The third-order valence-electron chi connectivity index (χ3n) is 5.30. The molecule has 0 fully saturated rings. The summed E-state index contributed by atoms with van der Waals surface area (Å²) < 4.78 is 11.6. The van der Waals surface area contributed by atoms with Crippen LogP contribution in [-0.4, -0.2) is 24.1 Å². The number of carbonyl (C=O) groups excluding carboxylic acids is 1. The van der Waals surface area contributed by atoms with Crippen LogP contribution in [-0.2, 0) is 4.79 Å². The van der Waals surface area contributed by atoms with E-state index < -0.39 is 5.91 Å². The Morgan fingerprint density at radius 2 is 1.78 bits per heavy atom. The lowest BCUT2D eigenvalue weighted by Gasteiger charge is -2.11. The number of benzene rings is 3. The molecule has 0 aliphatic carbocycles. The Hall–Kier alpha value is -4.41. The maximum Gasteiger partial charge on any atom is 0.268 e. The molecule has 7 heteroatoms. The van der Waals surface area contributed by atoms with Gasteiger partial charge in [-0.15, -0.1) is 11.3 Å². The lowest BCUT2D eigenvalue weighted by molar-refractivity contribution is -0.112. The fraction of sp³-hybridized carbons (Fsp3) is 0.138. The number of hydrogen-bond donors (Lipinski definition) is 1. The third-order valence-corrected chi connectivity index (χ3v) is 6.06. The summed E-state index contributed by atoms with van der Waals surface area (Å²) in [5.74, 6) is 1.03. The quantitative estimate of drug-likeness (QED) is 0.164. The zero-order chi connectivity index (χ0) is 25.3. The van der Waals surface area contributed by atoms with Gasteiger partial charge in [-0.2, -0.15) is 5.26 Å². The zero-order valence-electron chi connectivity index (χ0n) is 20.0. The van der Waals surface area contributed by atoms with Gasteiger partial charge in [0.25, 0.3) is 5.91 Å².